The van der Waals surface area contributed by atoms with Gasteiger partial charge in [0.15, 0.2) is 0 Å². The van der Waals surface area contributed by atoms with Crippen molar-refractivity contribution in [3.63, 3.8) is 0 Å². The molecule has 0 spiro atoms. The van der Waals surface area contributed by atoms with Gasteiger partial charge in [-0.05, 0) is 25.7 Å². The number of ether oxygens (including phenoxy) is 1. The Kier molecular flexibility index (Phi) is 6.55. The summed E-state index contributed by atoms with van der Waals surface area (Å²) in [6, 6.07) is -1.35. The van der Waals surface area contributed by atoms with E-state index < -0.39 is 24.0 Å². The zero-order chi connectivity index (χ0) is 18.4. The van der Waals surface area contributed by atoms with Gasteiger partial charge in [-0.1, -0.05) is 19.1 Å². The lowest BCUT2D eigenvalue weighted by Gasteiger charge is -2.26. The Balaban J connectivity index is 2.17. The highest BCUT2D eigenvalue weighted by Gasteiger charge is 2.35. The summed E-state index contributed by atoms with van der Waals surface area (Å²) in [6.07, 6.45) is 5.71. The van der Waals surface area contributed by atoms with Crippen LogP contribution in [0.2, 0.25) is 0 Å². The summed E-state index contributed by atoms with van der Waals surface area (Å²) >= 11 is 0. The molecule has 2 aliphatic heterocycles. The molecule has 0 aromatic heterocycles. The van der Waals surface area contributed by atoms with Gasteiger partial charge in [0, 0.05) is 12.5 Å². The number of amides is 3. The Morgan fingerprint density at radius 2 is 1.96 bits per heavy atom. The highest BCUT2D eigenvalue weighted by molar-refractivity contribution is 5.92. The quantitative estimate of drug-likeness (QED) is 0.500. The number of methoxy groups -OCH3 is 1. The molecule has 0 unspecified atom stereocenters. The van der Waals surface area contributed by atoms with E-state index in [1.54, 1.807) is 11.0 Å². The molecule has 2 heterocycles. The molecule has 2 aliphatic rings. The molecule has 8 nitrogen and oxygen atoms in total. The molecule has 0 aromatic rings. The Bertz CT molecular complexity index is 575. The molecule has 2 rings (SSSR count). The van der Waals surface area contributed by atoms with Crippen LogP contribution in [0.3, 0.4) is 0 Å². The summed E-state index contributed by atoms with van der Waals surface area (Å²) in [5.41, 5.74) is 0. The van der Waals surface area contributed by atoms with Gasteiger partial charge in [-0.25, -0.2) is 4.79 Å². The van der Waals surface area contributed by atoms with Crippen molar-refractivity contribution in [1.82, 2.24) is 15.5 Å². The lowest BCUT2D eigenvalue weighted by molar-refractivity contribution is -0.145. The molecule has 0 aliphatic carbocycles. The van der Waals surface area contributed by atoms with Crippen LogP contribution < -0.4 is 10.6 Å². The van der Waals surface area contributed by atoms with Crippen molar-refractivity contribution in [3.8, 4) is 0 Å². The maximum atomic E-state index is 12.6. The topological polar surface area (TPSA) is 105 Å². The van der Waals surface area contributed by atoms with Crippen LogP contribution in [0, 0.1) is 5.92 Å². The average molecular weight is 351 g/mol. The minimum atomic E-state index is -0.817. The summed E-state index contributed by atoms with van der Waals surface area (Å²) in [5, 5.41) is 5.12. The second-order valence-corrected chi connectivity index (χ2v) is 6.39. The number of rotatable bonds is 1. The number of hydrogen-bond donors (Lipinski definition) is 2. The van der Waals surface area contributed by atoms with E-state index in [4.69, 9.17) is 0 Å². The summed E-state index contributed by atoms with van der Waals surface area (Å²) in [5.74, 6) is -1.68. The highest BCUT2D eigenvalue weighted by Crippen LogP contribution is 2.21. The fourth-order valence-electron chi connectivity index (χ4n) is 3.11. The van der Waals surface area contributed by atoms with Gasteiger partial charge in [-0.15, -0.1) is 0 Å². The summed E-state index contributed by atoms with van der Waals surface area (Å²) in [4.78, 5) is 50.3. The predicted octanol–water partition coefficient (Wildman–Crippen LogP) is -0.262. The Hall–Kier alpha value is -2.38. The van der Waals surface area contributed by atoms with Crippen LogP contribution >= 0.6 is 0 Å². The second-order valence-electron chi connectivity index (χ2n) is 6.39. The normalized spacial score (nSPS) is 28.6. The van der Waals surface area contributed by atoms with Crippen LogP contribution in [0.5, 0.6) is 0 Å². The number of fused-ring (bicyclic) bond motifs is 1. The number of carbonyl (C=O) groups is 4. The molecule has 3 atom stereocenters. The number of carbonyl (C=O) groups excluding carboxylic acids is 4. The van der Waals surface area contributed by atoms with Gasteiger partial charge in [0.25, 0.3) is 0 Å². The molecule has 2 N–H and O–H groups in total. The van der Waals surface area contributed by atoms with Crippen LogP contribution in [0.25, 0.3) is 0 Å². The molecule has 1 saturated heterocycles. The molecule has 8 heteroatoms. The van der Waals surface area contributed by atoms with Gasteiger partial charge >= 0.3 is 5.97 Å². The van der Waals surface area contributed by atoms with Crippen molar-refractivity contribution in [2.75, 3.05) is 20.2 Å². The minimum absolute atomic E-state index is 0.0617. The van der Waals surface area contributed by atoms with E-state index in [0.29, 0.717) is 19.4 Å². The minimum Gasteiger partial charge on any atom is -0.467 e. The van der Waals surface area contributed by atoms with Crippen LogP contribution in [-0.2, 0) is 23.9 Å². The first-order chi connectivity index (χ1) is 11.9. The van der Waals surface area contributed by atoms with E-state index in [-0.39, 0.29) is 30.7 Å². The largest absolute Gasteiger partial charge is 0.467 e. The maximum Gasteiger partial charge on any atom is 0.328 e. The molecule has 0 saturated carbocycles. The molecule has 0 aromatic carbocycles. The number of esters is 1. The molecular formula is C17H25N3O5. The maximum absolute atomic E-state index is 12.6. The van der Waals surface area contributed by atoms with Crippen molar-refractivity contribution in [2.24, 2.45) is 5.92 Å². The first kappa shape index (κ1) is 19.0. The van der Waals surface area contributed by atoms with Gasteiger partial charge in [0.1, 0.15) is 12.1 Å². The van der Waals surface area contributed by atoms with Crippen LogP contribution in [0.1, 0.15) is 32.6 Å². The Labute approximate surface area is 146 Å². The van der Waals surface area contributed by atoms with Gasteiger partial charge in [-0.3, -0.25) is 14.4 Å². The van der Waals surface area contributed by atoms with E-state index in [0.717, 1.165) is 6.42 Å². The lowest BCUT2D eigenvalue weighted by Crippen LogP contribution is -2.51. The van der Waals surface area contributed by atoms with Crippen LogP contribution in [0.4, 0.5) is 0 Å². The van der Waals surface area contributed by atoms with E-state index in [9.17, 15) is 19.2 Å². The number of allylic oxidation sites excluding steroid dienone is 1. The van der Waals surface area contributed by atoms with Gasteiger partial charge in [0.05, 0.1) is 13.7 Å². The van der Waals surface area contributed by atoms with E-state index in [2.05, 4.69) is 15.4 Å². The fourth-order valence-corrected chi connectivity index (χ4v) is 3.11. The van der Waals surface area contributed by atoms with Crippen molar-refractivity contribution in [1.29, 1.82) is 0 Å². The van der Waals surface area contributed by atoms with E-state index in [1.165, 1.54) is 7.11 Å². The summed E-state index contributed by atoms with van der Waals surface area (Å²) in [6.45, 7) is 2.14. The van der Waals surface area contributed by atoms with Gasteiger partial charge in [-0.2, -0.15) is 0 Å². The number of hydrogen-bond acceptors (Lipinski definition) is 5. The molecule has 25 heavy (non-hydrogen) atoms. The van der Waals surface area contributed by atoms with Crippen molar-refractivity contribution in [3.05, 3.63) is 12.2 Å². The molecule has 0 bridgehead atoms. The van der Waals surface area contributed by atoms with Crippen molar-refractivity contribution < 1.29 is 23.9 Å². The van der Waals surface area contributed by atoms with E-state index >= 15 is 0 Å². The third-order valence-electron chi connectivity index (χ3n) is 4.53. The number of nitrogens with zero attached hydrogens (tertiary/aromatic N) is 1. The van der Waals surface area contributed by atoms with Gasteiger partial charge < -0.3 is 20.3 Å². The van der Waals surface area contributed by atoms with Gasteiger partial charge in [0.2, 0.25) is 17.7 Å². The molecule has 0 radical (unpaired) electrons. The fraction of sp³-hybridized carbons (Fsp3) is 0.647. The van der Waals surface area contributed by atoms with E-state index in [1.807, 2.05) is 13.0 Å². The van der Waals surface area contributed by atoms with Crippen LogP contribution in [-0.4, -0.2) is 60.9 Å². The molecule has 138 valence electrons. The van der Waals surface area contributed by atoms with Crippen LogP contribution in [0.15, 0.2) is 12.2 Å². The smallest absolute Gasteiger partial charge is 0.328 e. The third-order valence-corrected chi connectivity index (χ3v) is 4.53. The summed E-state index contributed by atoms with van der Waals surface area (Å²) < 4.78 is 4.69. The molecule has 3 amide bonds. The standard InChI is InChI=1S/C17H25N3O5/c1-11-6-3-4-7-12(17(24)25-2)19-14(21)10-18-15(22)13-8-5-9-20(13)16(11)23/h3-4,11-13H,5-10H2,1-2H3,(H,18,22)(H,19,21)/t11-,12-,13-/m0/s1. The predicted molar refractivity (Wildman–Crippen MR) is 89.2 cm³/mol. The van der Waals surface area contributed by atoms with Crippen molar-refractivity contribution >= 4 is 23.7 Å². The third kappa shape index (κ3) is 4.80. The molecule has 1 fully saturated rings. The average Bonchev–Trinajstić information content (AvgIpc) is 3.09. The zero-order valence-electron chi connectivity index (χ0n) is 14.6. The monoisotopic (exact) mass is 351 g/mol. The Morgan fingerprint density at radius 1 is 1.24 bits per heavy atom. The number of nitrogens with one attached hydrogen (secondary N) is 2. The zero-order valence-corrected chi connectivity index (χ0v) is 14.6. The SMILES string of the molecule is COC(=O)[C@@H]1CC=CC[C@H](C)C(=O)N2CCC[C@H]2C(=O)NCC(=O)N1. The highest BCUT2D eigenvalue weighted by atomic mass is 16.5. The lowest BCUT2D eigenvalue weighted by atomic mass is 10.0. The summed E-state index contributed by atoms with van der Waals surface area (Å²) in [7, 11) is 1.25. The second kappa shape index (κ2) is 8.64. The Morgan fingerprint density at radius 3 is 2.68 bits per heavy atom. The first-order valence-electron chi connectivity index (χ1n) is 8.54. The molecular weight excluding hydrogens is 326 g/mol. The van der Waals surface area contributed by atoms with Crippen molar-refractivity contribution in [2.45, 2.75) is 44.7 Å². The first-order valence-corrected chi connectivity index (χ1v) is 8.54.